The molecule has 4 N–H and O–H groups in total. The number of pyridine rings is 2. The number of esters is 1. The van der Waals surface area contributed by atoms with E-state index >= 15 is 0 Å². The smallest absolute Gasteiger partial charge is 0.338 e. The average Bonchev–Trinajstić information content (AvgIpc) is 4.19. The molecule has 398 valence electrons. The Morgan fingerprint density at radius 3 is 1.44 bits per heavy atom. The van der Waals surface area contributed by atoms with Crippen LogP contribution in [-0.4, -0.2) is 158 Å². The number of nitrogens with one attached hydrogen (secondary N) is 2. The molecule has 75 heavy (non-hydrogen) atoms. The number of ether oxygens (including phenoxy) is 1. The number of nitrogens with two attached hydrogens (primary N) is 1. The van der Waals surface area contributed by atoms with Gasteiger partial charge in [-0.25, -0.2) is 24.7 Å². The molecule has 2 atom stereocenters. The zero-order chi connectivity index (χ0) is 52.6. The quantitative estimate of drug-likeness (QED) is 0.0882. The molecule has 1 amide bonds. The molecular formula is C55H67Cl4N13O3. The fourth-order valence-electron chi connectivity index (χ4n) is 11.4. The third-order valence-corrected chi connectivity index (χ3v) is 16.5. The number of aromatic nitrogens is 6. The van der Waals surface area contributed by atoms with Crippen molar-refractivity contribution in [2.45, 2.75) is 89.6 Å². The number of H-pyrrole nitrogens is 2. The average molecular weight is 1100 g/mol. The summed E-state index contributed by atoms with van der Waals surface area (Å²) in [5.74, 6) is 2.46. The van der Waals surface area contributed by atoms with Crippen LogP contribution < -0.4 is 15.5 Å². The molecule has 10 rings (SSSR count). The van der Waals surface area contributed by atoms with E-state index in [-0.39, 0.29) is 5.97 Å². The summed E-state index contributed by atoms with van der Waals surface area (Å²) in [6.07, 6.45) is 17.3. The zero-order valence-electron chi connectivity index (χ0n) is 42.9. The number of carbonyl (C=O) groups is 2. The number of halogens is 4. The summed E-state index contributed by atoms with van der Waals surface area (Å²) >= 11 is 25.6. The van der Waals surface area contributed by atoms with E-state index < -0.39 is 5.91 Å². The van der Waals surface area contributed by atoms with Crippen molar-refractivity contribution in [3.63, 3.8) is 0 Å². The summed E-state index contributed by atoms with van der Waals surface area (Å²) in [6.45, 7) is 15.5. The number of hydrogen-bond donors (Lipinski definition) is 3. The molecule has 0 unspecified atom stereocenters. The first kappa shape index (κ1) is 54.5. The number of benzene rings is 2. The topological polar surface area (TPSA) is 172 Å². The molecular weight excluding hydrogens is 1030 g/mol. The van der Waals surface area contributed by atoms with Crippen LogP contribution in [-0.2, 0) is 17.8 Å². The van der Waals surface area contributed by atoms with Gasteiger partial charge in [-0.2, -0.15) is 0 Å². The third kappa shape index (κ3) is 13.1. The Morgan fingerprint density at radius 1 is 0.613 bits per heavy atom. The molecule has 16 nitrogen and oxygen atoms in total. The first-order valence-electron chi connectivity index (χ1n) is 26.1. The lowest BCUT2D eigenvalue weighted by molar-refractivity contribution is 0.0576. The first-order valence-corrected chi connectivity index (χ1v) is 27.6. The molecule has 4 fully saturated rings. The third-order valence-electron chi connectivity index (χ3n) is 15.4. The fraction of sp³-hybridized carbons (Fsp3) is 0.455. The van der Waals surface area contributed by atoms with E-state index in [0.29, 0.717) is 61.9 Å². The van der Waals surface area contributed by atoms with Crippen molar-refractivity contribution in [3.8, 4) is 22.8 Å². The minimum atomic E-state index is -0.429. The highest BCUT2D eigenvalue weighted by Gasteiger charge is 2.36. The predicted molar refractivity (Wildman–Crippen MR) is 299 cm³/mol. The molecule has 20 heteroatoms. The van der Waals surface area contributed by atoms with Crippen LogP contribution in [0.3, 0.4) is 0 Å². The fourth-order valence-corrected chi connectivity index (χ4v) is 12.4. The Bertz CT molecular complexity index is 2860. The Hall–Kier alpha value is -5.30. The van der Waals surface area contributed by atoms with E-state index in [9.17, 15) is 9.59 Å². The number of imidazole rings is 2. The number of anilines is 2. The van der Waals surface area contributed by atoms with Crippen LogP contribution >= 0.6 is 46.4 Å². The number of rotatable bonds is 14. The standard InChI is InChI=1S/C28H34Cl2N6O2.C27H33Cl2N7O/c1-3-22-18-35(27-25(30)14-20(16-33-27)26-31-8-9-32-26)12-13-36(22)23-6-10-34(11-7-23)17-19-4-5-21(29)15-24(19)28(37)38-2;1-2-21-17-35(27-24(29)13-19(15-33-27)26-31-7-8-32-26)11-12-36(21)22-5-9-34(10-6-22)16-18-3-4-20(28)14-23(18)25(30)37/h4-5,8-9,14-16,22-23H,3,6-7,10-13,17-18H2,1-2H3,(H,31,32);3-4,7-8,13-15,21-22H,2,5-6,9-12,16-17H2,1H3,(H2,30,37)(H,31,32)/t22-;21-/m00/s1. The molecule has 0 saturated carbocycles. The molecule has 4 aromatic heterocycles. The maximum absolute atomic E-state index is 12.2. The molecule has 0 radical (unpaired) electrons. The maximum Gasteiger partial charge on any atom is 0.338 e. The van der Waals surface area contributed by atoms with Gasteiger partial charge in [0.2, 0.25) is 5.91 Å². The SMILES string of the molecule is CC[C@H]1CN(c2ncc(-c3ncc[nH]3)cc2Cl)CCN1C1CCN(Cc2ccc(Cl)cc2C(=O)OC)CC1.CC[C@H]1CN(c2ncc(-c3ncc[nH]3)cc2Cl)CCN1C1CCN(Cc2ccc(Cl)cc2C(N)=O)CC1. The van der Waals surface area contributed by atoms with Crippen LogP contribution in [0, 0.1) is 0 Å². The molecule has 6 aromatic rings. The Labute approximate surface area is 459 Å². The summed E-state index contributed by atoms with van der Waals surface area (Å²) in [5.41, 5.74) is 10.3. The van der Waals surface area contributed by atoms with E-state index in [0.717, 1.165) is 156 Å². The van der Waals surface area contributed by atoms with Crippen LogP contribution in [0.1, 0.15) is 84.2 Å². The summed E-state index contributed by atoms with van der Waals surface area (Å²) in [5, 5.41) is 2.39. The Morgan fingerprint density at radius 2 is 1.05 bits per heavy atom. The van der Waals surface area contributed by atoms with Gasteiger partial charge in [0.05, 0.1) is 22.7 Å². The van der Waals surface area contributed by atoms with Gasteiger partial charge >= 0.3 is 5.97 Å². The van der Waals surface area contributed by atoms with Gasteiger partial charge in [-0.1, -0.05) is 72.4 Å². The molecule has 0 aliphatic carbocycles. The minimum Gasteiger partial charge on any atom is -0.465 e. The number of aromatic amines is 2. The van der Waals surface area contributed by atoms with E-state index in [1.165, 1.54) is 7.11 Å². The van der Waals surface area contributed by atoms with Crippen molar-refractivity contribution in [3.05, 3.63) is 128 Å². The highest BCUT2D eigenvalue weighted by atomic mass is 35.5. The number of piperazine rings is 2. The molecule has 8 heterocycles. The monoisotopic (exact) mass is 1100 g/mol. The number of likely N-dealkylation sites (tertiary alicyclic amines) is 2. The van der Waals surface area contributed by atoms with Crippen LogP contribution in [0.15, 0.2) is 85.7 Å². The summed E-state index contributed by atoms with van der Waals surface area (Å²) in [7, 11) is 1.41. The van der Waals surface area contributed by atoms with Crippen LogP contribution in [0.2, 0.25) is 20.1 Å². The van der Waals surface area contributed by atoms with Gasteiger partial charge in [0.1, 0.15) is 23.3 Å². The van der Waals surface area contributed by atoms with E-state index in [1.54, 1.807) is 36.9 Å². The van der Waals surface area contributed by atoms with Crippen molar-refractivity contribution in [1.82, 2.24) is 49.5 Å². The lowest BCUT2D eigenvalue weighted by Gasteiger charge is -2.47. The van der Waals surface area contributed by atoms with Gasteiger partial charge in [-0.15, -0.1) is 0 Å². The molecule has 0 spiro atoms. The molecule has 0 bridgehead atoms. The molecule has 4 saturated heterocycles. The van der Waals surface area contributed by atoms with Crippen LogP contribution in [0.25, 0.3) is 22.8 Å². The normalized spacial score (nSPS) is 19.7. The van der Waals surface area contributed by atoms with Gasteiger partial charge in [0.25, 0.3) is 0 Å². The number of primary amides is 1. The molecule has 4 aliphatic rings. The van der Waals surface area contributed by atoms with Gasteiger partial charge in [-0.05, 0) is 112 Å². The second kappa shape index (κ2) is 25.2. The summed E-state index contributed by atoms with van der Waals surface area (Å²) in [4.78, 5) is 63.2. The van der Waals surface area contributed by atoms with Gasteiger partial charge in [0.15, 0.2) is 0 Å². The number of methoxy groups -OCH3 is 1. The van der Waals surface area contributed by atoms with E-state index in [1.807, 2.05) is 48.8 Å². The van der Waals surface area contributed by atoms with Gasteiger partial charge < -0.3 is 30.2 Å². The second-order valence-corrected chi connectivity index (χ2v) is 21.6. The van der Waals surface area contributed by atoms with Crippen LogP contribution in [0.4, 0.5) is 11.6 Å². The Balaban J connectivity index is 0.000000184. The van der Waals surface area contributed by atoms with E-state index in [2.05, 4.69) is 63.2 Å². The lowest BCUT2D eigenvalue weighted by Crippen LogP contribution is -2.58. The molecule has 2 aromatic carbocycles. The lowest BCUT2D eigenvalue weighted by atomic mass is 9.97. The van der Waals surface area contributed by atoms with Gasteiger partial charge in [0, 0.05) is 140 Å². The highest BCUT2D eigenvalue weighted by molar-refractivity contribution is 6.33. The van der Waals surface area contributed by atoms with Gasteiger partial charge in [-0.3, -0.25) is 24.4 Å². The van der Waals surface area contributed by atoms with Crippen molar-refractivity contribution < 1.29 is 14.3 Å². The largest absolute Gasteiger partial charge is 0.465 e. The second-order valence-electron chi connectivity index (χ2n) is 19.9. The number of piperidine rings is 2. The minimum absolute atomic E-state index is 0.341. The number of amides is 1. The van der Waals surface area contributed by atoms with Crippen LogP contribution in [0.5, 0.6) is 0 Å². The highest BCUT2D eigenvalue weighted by Crippen LogP contribution is 2.34. The van der Waals surface area contributed by atoms with Crippen molar-refractivity contribution in [2.24, 2.45) is 5.73 Å². The van der Waals surface area contributed by atoms with Crippen molar-refractivity contribution in [2.75, 3.05) is 82.4 Å². The van der Waals surface area contributed by atoms with E-state index in [4.69, 9.17) is 66.8 Å². The predicted octanol–water partition coefficient (Wildman–Crippen LogP) is 9.57. The zero-order valence-corrected chi connectivity index (χ0v) is 45.9. The number of hydrogen-bond acceptors (Lipinski definition) is 13. The Kier molecular flexibility index (Phi) is 18.3. The summed E-state index contributed by atoms with van der Waals surface area (Å²) < 4.78 is 4.97. The number of carbonyl (C=O) groups excluding carboxylic acids is 2. The van der Waals surface area contributed by atoms with Crippen molar-refractivity contribution >= 4 is 69.9 Å². The maximum atomic E-state index is 12.2. The molecule has 4 aliphatic heterocycles. The first-order chi connectivity index (χ1) is 36.4. The van der Waals surface area contributed by atoms with Crippen molar-refractivity contribution in [1.29, 1.82) is 0 Å². The number of nitrogens with zero attached hydrogens (tertiary/aromatic N) is 10. The summed E-state index contributed by atoms with van der Waals surface area (Å²) in [6, 6.07) is 16.8.